The summed E-state index contributed by atoms with van der Waals surface area (Å²) < 4.78 is 5.09. The van der Waals surface area contributed by atoms with E-state index >= 15 is 0 Å². The Bertz CT molecular complexity index is 381. The molecule has 0 radical (unpaired) electrons. The van der Waals surface area contributed by atoms with Gasteiger partial charge in [0, 0.05) is 33.3 Å². The van der Waals surface area contributed by atoms with Crippen molar-refractivity contribution < 1.29 is 14.3 Å². The van der Waals surface area contributed by atoms with Crippen molar-refractivity contribution in [2.45, 2.75) is 25.7 Å². The molecule has 0 unspecified atom stereocenters. The molecule has 2 aliphatic heterocycles. The predicted octanol–water partition coefficient (Wildman–Crippen LogP) is 1.23. The lowest BCUT2D eigenvalue weighted by Crippen LogP contribution is -2.55. The number of likely N-dealkylation sites (tertiary alicyclic amines) is 2. The summed E-state index contributed by atoms with van der Waals surface area (Å²) in [5.74, 6) is 1.03. The minimum absolute atomic E-state index is 0.205. The van der Waals surface area contributed by atoms with E-state index in [1.165, 1.54) is 0 Å². The quantitative estimate of drug-likeness (QED) is 0.766. The molecule has 0 bridgehead atoms. The summed E-state index contributed by atoms with van der Waals surface area (Å²) >= 11 is 1.56. The second-order valence-electron chi connectivity index (χ2n) is 5.98. The monoisotopic (exact) mass is 314 g/mol. The minimum atomic E-state index is -0.220. The first-order valence-electron chi connectivity index (χ1n) is 7.68. The molecule has 0 saturated carbocycles. The molecule has 2 amide bonds. The smallest absolute Gasteiger partial charge is 0.232 e. The van der Waals surface area contributed by atoms with Crippen molar-refractivity contribution in [1.82, 2.24) is 9.80 Å². The third kappa shape index (κ3) is 3.72. The Morgan fingerprint density at radius 3 is 2.62 bits per heavy atom. The Labute approximate surface area is 131 Å². The maximum Gasteiger partial charge on any atom is 0.232 e. The third-order valence-corrected chi connectivity index (χ3v) is 5.27. The summed E-state index contributed by atoms with van der Waals surface area (Å²) in [5, 5.41) is 0. The van der Waals surface area contributed by atoms with Gasteiger partial charge in [-0.05, 0) is 31.9 Å². The number of hydrogen-bond acceptors (Lipinski definition) is 4. The van der Waals surface area contributed by atoms with E-state index in [0.717, 1.165) is 45.3 Å². The molecule has 0 N–H and O–H groups in total. The lowest BCUT2D eigenvalue weighted by molar-refractivity contribution is -0.152. The normalized spacial score (nSPS) is 21.9. The van der Waals surface area contributed by atoms with Crippen LogP contribution in [0.4, 0.5) is 0 Å². The van der Waals surface area contributed by atoms with E-state index in [1.807, 2.05) is 16.1 Å². The average Bonchev–Trinajstić information content (AvgIpc) is 2.50. The molecule has 5 nitrogen and oxygen atoms in total. The van der Waals surface area contributed by atoms with Crippen LogP contribution in [0.1, 0.15) is 25.7 Å². The molecule has 0 atom stereocenters. The number of nitrogens with zero attached hydrogens (tertiary/aromatic N) is 2. The van der Waals surface area contributed by atoms with Crippen LogP contribution < -0.4 is 0 Å². The van der Waals surface area contributed by atoms with Crippen LogP contribution in [0.2, 0.25) is 0 Å². The lowest BCUT2D eigenvalue weighted by atomic mass is 9.71. The van der Waals surface area contributed by atoms with Gasteiger partial charge in [-0.15, -0.1) is 0 Å². The van der Waals surface area contributed by atoms with Gasteiger partial charge in [0.15, 0.2) is 0 Å². The summed E-state index contributed by atoms with van der Waals surface area (Å²) in [5.41, 5.74) is -0.220. The van der Waals surface area contributed by atoms with Crippen molar-refractivity contribution in [2.75, 3.05) is 51.9 Å². The number of carbonyl (C=O) groups excluding carboxylic acids is 2. The predicted molar refractivity (Wildman–Crippen MR) is 84.3 cm³/mol. The highest BCUT2D eigenvalue weighted by molar-refractivity contribution is 7.99. The Morgan fingerprint density at radius 1 is 1.29 bits per heavy atom. The summed E-state index contributed by atoms with van der Waals surface area (Å²) in [7, 11) is 1.67. The first-order chi connectivity index (χ1) is 10.1. The molecule has 6 heteroatoms. The number of rotatable bonds is 5. The Hall–Kier alpha value is -0.750. The van der Waals surface area contributed by atoms with E-state index in [0.29, 0.717) is 18.9 Å². The largest absolute Gasteiger partial charge is 0.383 e. The van der Waals surface area contributed by atoms with Gasteiger partial charge >= 0.3 is 0 Å². The zero-order valence-corrected chi connectivity index (χ0v) is 13.9. The second-order valence-corrected chi connectivity index (χ2v) is 6.85. The van der Waals surface area contributed by atoms with Crippen LogP contribution in [-0.4, -0.2) is 73.5 Å². The minimum Gasteiger partial charge on any atom is -0.383 e. The van der Waals surface area contributed by atoms with E-state index in [1.54, 1.807) is 18.9 Å². The summed E-state index contributed by atoms with van der Waals surface area (Å²) in [6.07, 6.45) is 5.61. The number of carbonyl (C=O) groups is 2. The Kier molecular flexibility index (Phi) is 5.93. The standard InChI is InChI=1S/C15H26N2O3S/c1-20-11-10-17-7-3-4-15(14(17)19)5-8-16(9-6-15)13(18)12-21-2/h3-12H2,1-2H3. The van der Waals surface area contributed by atoms with Crippen LogP contribution in [0.25, 0.3) is 0 Å². The van der Waals surface area contributed by atoms with Crippen molar-refractivity contribution in [3.8, 4) is 0 Å². The maximum atomic E-state index is 12.8. The van der Waals surface area contributed by atoms with Crippen molar-refractivity contribution in [3.05, 3.63) is 0 Å². The lowest BCUT2D eigenvalue weighted by Gasteiger charge is -2.46. The average molecular weight is 314 g/mol. The molecule has 21 heavy (non-hydrogen) atoms. The summed E-state index contributed by atoms with van der Waals surface area (Å²) in [6.45, 7) is 3.58. The molecule has 2 aliphatic rings. The first kappa shape index (κ1) is 16.6. The fraction of sp³-hybridized carbons (Fsp3) is 0.867. The van der Waals surface area contributed by atoms with E-state index in [9.17, 15) is 9.59 Å². The molecule has 2 heterocycles. The fourth-order valence-corrected chi connectivity index (χ4v) is 3.86. The van der Waals surface area contributed by atoms with Crippen molar-refractivity contribution >= 4 is 23.6 Å². The molecule has 120 valence electrons. The Balaban J connectivity index is 1.94. The van der Waals surface area contributed by atoms with Crippen molar-refractivity contribution in [2.24, 2.45) is 5.41 Å². The number of amides is 2. The van der Waals surface area contributed by atoms with Crippen LogP contribution in [0, 0.1) is 5.41 Å². The number of ether oxygens (including phenoxy) is 1. The van der Waals surface area contributed by atoms with Crippen molar-refractivity contribution in [3.63, 3.8) is 0 Å². The van der Waals surface area contributed by atoms with Gasteiger partial charge in [0.25, 0.3) is 0 Å². The zero-order chi connectivity index (χ0) is 15.3. The molecule has 2 rings (SSSR count). The van der Waals surface area contributed by atoms with Crippen LogP contribution in [0.5, 0.6) is 0 Å². The number of thioether (sulfide) groups is 1. The highest BCUT2D eigenvalue weighted by atomic mass is 32.2. The van der Waals surface area contributed by atoms with Crippen LogP contribution in [-0.2, 0) is 14.3 Å². The van der Waals surface area contributed by atoms with Gasteiger partial charge in [-0.2, -0.15) is 11.8 Å². The van der Waals surface area contributed by atoms with E-state index < -0.39 is 0 Å². The van der Waals surface area contributed by atoms with Gasteiger partial charge in [-0.1, -0.05) is 0 Å². The SMILES string of the molecule is COCCN1CCCC2(CCN(C(=O)CSC)CC2)C1=O. The zero-order valence-electron chi connectivity index (χ0n) is 13.1. The second kappa shape index (κ2) is 7.49. The Morgan fingerprint density at radius 2 is 2.00 bits per heavy atom. The van der Waals surface area contributed by atoms with Gasteiger partial charge in [-0.3, -0.25) is 9.59 Å². The molecule has 2 saturated heterocycles. The van der Waals surface area contributed by atoms with Gasteiger partial charge in [0.05, 0.1) is 17.8 Å². The molecule has 2 fully saturated rings. The van der Waals surface area contributed by atoms with E-state index in [4.69, 9.17) is 4.74 Å². The molecular formula is C15H26N2O3S. The highest BCUT2D eigenvalue weighted by Gasteiger charge is 2.45. The fourth-order valence-electron chi connectivity index (χ4n) is 3.43. The van der Waals surface area contributed by atoms with Gasteiger partial charge in [-0.25, -0.2) is 0 Å². The summed E-state index contributed by atoms with van der Waals surface area (Å²) in [4.78, 5) is 28.6. The van der Waals surface area contributed by atoms with Gasteiger partial charge in [0.1, 0.15) is 0 Å². The molecule has 1 spiro atoms. The van der Waals surface area contributed by atoms with E-state index in [-0.39, 0.29) is 17.2 Å². The number of hydrogen-bond donors (Lipinski definition) is 0. The van der Waals surface area contributed by atoms with Gasteiger partial charge < -0.3 is 14.5 Å². The molecule has 0 aromatic heterocycles. The maximum absolute atomic E-state index is 12.8. The van der Waals surface area contributed by atoms with Crippen LogP contribution >= 0.6 is 11.8 Å². The summed E-state index contributed by atoms with van der Waals surface area (Å²) in [6, 6.07) is 0. The third-order valence-electron chi connectivity index (χ3n) is 4.73. The molecular weight excluding hydrogens is 288 g/mol. The molecule has 0 aliphatic carbocycles. The van der Waals surface area contributed by atoms with E-state index in [2.05, 4.69) is 0 Å². The molecule has 0 aromatic rings. The first-order valence-corrected chi connectivity index (χ1v) is 9.07. The van der Waals surface area contributed by atoms with Crippen LogP contribution in [0.15, 0.2) is 0 Å². The number of methoxy groups -OCH3 is 1. The van der Waals surface area contributed by atoms with Gasteiger partial charge in [0.2, 0.25) is 11.8 Å². The van der Waals surface area contributed by atoms with Crippen molar-refractivity contribution in [1.29, 1.82) is 0 Å². The number of piperidine rings is 2. The van der Waals surface area contributed by atoms with Crippen LogP contribution in [0.3, 0.4) is 0 Å². The highest BCUT2D eigenvalue weighted by Crippen LogP contribution is 2.40. The molecule has 0 aromatic carbocycles. The topological polar surface area (TPSA) is 49.9 Å².